The molecule has 0 radical (unpaired) electrons. The van der Waals surface area contributed by atoms with E-state index in [1.54, 1.807) is 13.2 Å². The Morgan fingerprint density at radius 1 is 1.30 bits per heavy atom. The second kappa shape index (κ2) is 5.88. The minimum Gasteiger partial charge on any atom is -0.449 e. The number of carbonyl (C=O) groups excluding carboxylic acids is 1. The Bertz CT molecular complexity index is 587. The summed E-state index contributed by atoms with van der Waals surface area (Å²) < 4.78 is 5.17. The van der Waals surface area contributed by atoms with Crippen molar-refractivity contribution in [2.24, 2.45) is 11.7 Å². The molecule has 1 aromatic heterocycles. The van der Waals surface area contributed by atoms with Crippen molar-refractivity contribution in [3.05, 3.63) is 36.4 Å². The van der Waals surface area contributed by atoms with E-state index in [1.807, 2.05) is 38.1 Å². The number of nitrogens with one attached hydrogen (secondary N) is 1. The average Bonchev–Trinajstić information content (AvgIpc) is 2.85. The van der Waals surface area contributed by atoms with Crippen LogP contribution in [-0.2, 0) is 4.79 Å². The van der Waals surface area contributed by atoms with Crippen LogP contribution >= 0.6 is 0 Å². The molecular formula is C15H19N3O2. The van der Waals surface area contributed by atoms with E-state index in [2.05, 4.69) is 10.3 Å². The quantitative estimate of drug-likeness (QED) is 0.897. The molecule has 106 valence electrons. The van der Waals surface area contributed by atoms with Gasteiger partial charge in [-0.25, -0.2) is 4.98 Å². The van der Waals surface area contributed by atoms with Crippen molar-refractivity contribution in [3.63, 3.8) is 0 Å². The van der Waals surface area contributed by atoms with E-state index in [9.17, 15) is 4.79 Å². The Morgan fingerprint density at radius 3 is 2.45 bits per heavy atom. The number of anilines is 1. The standard InChI is InChI=1S/C15H19N3O2/c1-9(2)14(16)15(19)18-12-6-4-11(5-7-12)13-8-20-10(3)17-13/h4-9,14H,16H2,1-3H3,(H,18,19)/t14-/m0/s1. The normalized spacial score (nSPS) is 12.4. The van der Waals surface area contributed by atoms with E-state index in [1.165, 1.54) is 0 Å². The highest BCUT2D eigenvalue weighted by Crippen LogP contribution is 2.20. The summed E-state index contributed by atoms with van der Waals surface area (Å²) in [7, 11) is 0. The molecule has 1 atom stereocenters. The van der Waals surface area contributed by atoms with E-state index in [0.29, 0.717) is 5.89 Å². The first-order valence-corrected chi connectivity index (χ1v) is 6.56. The molecule has 5 heteroatoms. The number of nitrogens with zero attached hydrogens (tertiary/aromatic N) is 1. The molecule has 2 rings (SSSR count). The molecule has 0 aliphatic carbocycles. The number of hydrogen-bond acceptors (Lipinski definition) is 4. The maximum atomic E-state index is 11.8. The summed E-state index contributed by atoms with van der Waals surface area (Å²) in [5, 5.41) is 2.80. The van der Waals surface area contributed by atoms with Crippen LogP contribution in [0.15, 0.2) is 34.9 Å². The lowest BCUT2D eigenvalue weighted by Gasteiger charge is -2.15. The number of benzene rings is 1. The van der Waals surface area contributed by atoms with E-state index in [0.717, 1.165) is 16.9 Å². The van der Waals surface area contributed by atoms with Gasteiger partial charge in [0.05, 0.1) is 6.04 Å². The van der Waals surface area contributed by atoms with Crippen LogP contribution in [0.4, 0.5) is 5.69 Å². The Balaban J connectivity index is 2.07. The summed E-state index contributed by atoms with van der Waals surface area (Å²) in [5.41, 5.74) is 8.23. The number of aryl methyl sites for hydroxylation is 1. The summed E-state index contributed by atoms with van der Waals surface area (Å²) in [6.07, 6.45) is 1.61. The van der Waals surface area contributed by atoms with Gasteiger partial charge in [-0.2, -0.15) is 0 Å². The Hall–Kier alpha value is -2.14. The van der Waals surface area contributed by atoms with Crippen LogP contribution in [0.25, 0.3) is 11.3 Å². The van der Waals surface area contributed by atoms with Gasteiger partial charge in [-0.3, -0.25) is 4.79 Å². The van der Waals surface area contributed by atoms with E-state index >= 15 is 0 Å². The maximum absolute atomic E-state index is 11.8. The fraction of sp³-hybridized carbons (Fsp3) is 0.333. The number of carbonyl (C=O) groups is 1. The summed E-state index contributed by atoms with van der Waals surface area (Å²) in [6.45, 7) is 5.63. The van der Waals surface area contributed by atoms with Crippen molar-refractivity contribution < 1.29 is 9.21 Å². The zero-order valence-electron chi connectivity index (χ0n) is 11.9. The Labute approximate surface area is 118 Å². The zero-order valence-corrected chi connectivity index (χ0v) is 11.9. The lowest BCUT2D eigenvalue weighted by molar-refractivity contribution is -0.118. The second-order valence-electron chi connectivity index (χ2n) is 5.09. The van der Waals surface area contributed by atoms with Gasteiger partial charge in [0.15, 0.2) is 5.89 Å². The second-order valence-corrected chi connectivity index (χ2v) is 5.09. The smallest absolute Gasteiger partial charge is 0.241 e. The number of aromatic nitrogens is 1. The van der Waals surface area contributed by atoms with Gasteiger partial charge in [0.2, 0.25) is 5.91 Å². The van der Waals surface area contributed by atoms with E-state index in [-0.39, 0.29) is 11.8 Å². The van der Waals surface area contributed by atoms with Crippen molar-refractivity contribution in [1.29, 1.82) is 0 Å². The Kier molecular flexibility index (Phi) is 4.20. The molecule has 0 spiro atoms. The summed E-state index contributed by atoms with van der Waals surface area (Å²) in [6, 6.07) is 6.91. The zero-order chi connectivity index (χ0) is 14.7. The van der Waals surface area contributed by atoms with Gasteiger partial charge in [0.1, 0.15) is 12.0 Å². The highest BCUT2D eigenvalue weighted by molar-refractivity contribution is 5.95. The molecule has 20 heavy (non-hydrogen) atoms. The molecule has 0 aliphatic rings. The highest BCUT2D eigenvalue weighted by atomic mass is 16.3. The number of amides is 1. The van der Waals surface area contributed by atoms with Crippen molar-refractivity contribution in [2.45, 2.75) is 26.8 Å². The molecule has 3 N–H and O–H groups in total. The van der Waals surface area contributed by atoms with Crippen molar-refractivity contribution in [1.82, 2.24) is 4.98 Å². The first-order valence-electron chi connectivity index (χ1n) is 6.56. The molecule has 0 unspecified atom stereocenters. The van der Waals surface area contributed by atoms with Gasteiger partial charge in [-0.05, 0) is 18.1 Å². The van der Waals surface area contributed by atoms with E-state index < -0.39 is 6.04 Å². The summed E-state index contributed by atoms with van der Waals surface area (Å²) >= 11 is 0. The van der Waals surface area contributed by atoms with Crippen LogP contribution in [0.1, 0.15) is 19.7 Å². The third-order valence-electron chi connectivity index (χ3n) is 3.09. The highest BCUT2D eigenvalue weighted by Gasteiger charge is 2.17. The first kappa shape index (κ1) is 14.3. The van der Waals surface area contributed by atoms with Crippen LogP contribution in [0.5, 0.6) is 0 Å². The fourth-order valence-electron chi connectivity index (χ4n) is 1.75. The lowest BCUT2D eigenvalue weighted by atomic mass is 10.0. The van der Waals surface area contributed by atoms with Crippen LogP contribution < -0.4 is 11.1 Å². The molecule has 1 aromatic carbocycles. The topological polar surface area (TPSA) is 81.2 Å². The molecule has 0 saturated heterocycles. The molecule has 2 aromatic rings. The third-order valence-corrected chi connectivity index (χ3v) is 3.09. The predicted molar refractivity (Wildman–Crippen MR) is 78.1 cm³/mol. The molecule has 0 fully saturated rings. The molecular weight excluding hydrogens is 254 g/mol. The Morgan fingerprint density at radius 2 is 1.95 bits per heavy atom. The summed E-state index contributed by atoms with van der Waals surface area (Å²) in [4.78, 5) is 16.1. The average molecular weight is 273 g/mol. The summed E-state index contributed by atoms with van der Waals surface area (Å²) in [5.74, 6) is 0.553. The van der Waals surface area contributed by atoms with Crippen molar-refractivity contribution in [3.8, 4) is 11.3 Å². The van der Waals surface area contributed by atoms with Gasteiger partial charge in [-0.15, -0.1) is 0 Å². The van der Waals surface area contributed by atoms with Crippen LogP contribution in [0, 0.1) is 12.8 Å². The number of oxazole rings is 1. The molecule has 0 saturated carbocycles. The van der Waals surface area contributed by atoms with Gasteiger partial charge in [0, 0.05) is 18.2 Å². The minimum absolute atomic E-state index is 0.104. The van der Waals surface area contributed by atoms with Crippen LogP contribution in [-0.4, -0.2) is 16.9 Å². The minimum atomic E-state index is -0.507. The monoisotopic (exact) mass is 273 g/mol. The molecule has 1 amide bonds. The van der Waals surface area contributed by atoms with E-state index in [4.69, 9.17) is 10.2 Å². The first-order chi connectivity index (χ1) is 9.47. The molecule has 5 nitrogen and oxygen atoms in total. The molecule has 0 aliphatic heterocycles. The van der Waals surface area contributed by atoms with Gasteiger partial charge < -0.3 is 15.5 Å². The van der Waals surface area contributed by atoms with Crippen LogP contribution in [0.2, 0.25) is 0 Å². The maximum Gasteiger partial charge on any atom is 0.241 e. The van der Waals surface area contributed by atoms with Gasteiger partial charge in [-0.1, -0.05) is 26.0 Å². The number of hydrogen-bond donors (Lipinski definition) is 2. The third kappa shape index (κ3) is 3.24. The molecule has 0 bridgehead atoms. The van der Waals surface area contributed by atoms with Crippen molar-refractivity contribution in [2.75, 3.05) is 5.32 Å². The molecule has 1 heterocycles. The lowest BCUT2D eigenvalue weighted by Crippen LogP contribution is -2.39. The number of rotatable bonds is 4. The fourth-order valence-corrected chi connectivity index (χ4v) is 1.75. The van der Waals surface area contributed by atoms with Crippen molar-refractivity contribution >= 4 is 11.6 Å². The van der Waals surface area contributed by atoms with Crippen LogP contribution in [0.3, 0.4) is 0 Å². The largest absolute Gasteiger partial charge is 0.449 e. The van der Waals surface area contributed by atoms with Gasteiger partial charge >= 0.3 is 0 Å². The number of nitrogens with two attached hydrogens (primary N) is 1. The SMILES string of the molecule is Cc1nc(-c2ccc(NC(=O)[C@@H](N)C(C)C)cc2)co1. The predicted octanol–water partition coefficient (Wildman–Crippen LogP) is 2.57. The van der Waals surface area contributed by atoms with Gasteiger partial charge in [0.25, 0.3) is 0 Å².